The van der Waals surface area contributed by atoms with Crippen molar-refractivity contribution in [3.05, 3.63) is 69.4 Å². The van der Waals surface area contributed by atoms with E-state index in [4.69, 9.17) is 9.98 Å². The summed E-state index contributed by atoms with van der Waals surface area (Å²) in [6.07, 6.45) is 1.89. The summed E-state index contributed by atoms with van der Waals surface area (Å²) in [4.78, 5) is 14.3. The first-order chi connectivity index (χ1) is 14.0. The van der Waals surface area contributed by atoms with Crippen molar-refractivity contribution in [3.63, 3.8) is 0 Å². The second-order valence-corrected chi connectivity index (χ2v) is 7.76. The average molecular weight is 472 g/mol. The van der Waals surface area contributed by atoms with Gasteiger partial charge in [-0.15, -0.1) is 0 Å². The van der Waals surface area contributed by atoms with Crippen molar-refractivity contribution in [3.8, 4) is 11.3 Å². The Balaban J connectivity index is 2.11. The Morgan fingerprint density at radius 1 is 1.03 bits per heavy atom. The molecule has 0 saturated carbocycles. The van der Waals surface area contributed by atoms with Crippen molar-refractivity contribution < 1.29 is 18.1 Å². The fourth-order valence-electron chi connectivity index (χ4n) is 3.92. The van der Waals surface area contributed by atoms with Crippen LogP contribution in [-0.2, 0) is 24.7 Å². The van der Waals surface area contributed by atoms with E-state index in [-0.39, 0.29) is 0 Å². The van der Waals surface area contributed by atoms with Crippen LogP contribution in [0, 0.1) is 27.7 Å². The van der Waals surface area contributed by atoms with Crippen molar-refractivity contribution in [1.82, 2.24) is 9.97 Å². The number of aromatic nitrogens is 2. The van der Waals surface area contributed by atoms with E-state index >= 15 is 0 Å². The van der Waals surface area contributed by atoms with Gasteiger partial charge in [0.05, 0.1) is 0 Å². The van der Waals surface area contributed by atoms with E-state index in [1.165, 1.54) is 16.7 Å². The van der Waals surface area contributed by atoms with Gasteiger partial charge >= 0.3 is 181 Å². The third kappa shape index (κ3) is 3.26. The van der Waals surface area contributed by atoms with Crippen LogP contribution >= 0.6 is 0 Å². The molecule has 0 unspecified atom stereocenters. The average Bonchev–Trinajstić information content (AvgIpc) is 2.88. The molecule has 1 aromatic heterocycles. The van der Waals surface area contributed by atoms with Crippen LogP contribution in [0.3, 0.4) is 0 Å². The number of hydrogen-bond acceptors (Lipinski definition) is 5. The second-order valence-electron chi connectivity index (χ2n) is 7.39. The van der Waals surface area contributed by atoms with Crippen LogP contribution in [-0.4, -0.2) is 22.7 Å². The van der Waals surface area contributed by atoms with Crippen LogP contribution in [0.25, 0.3) is 11.3 Å². The fourth-order valence-corrected chi connectivity index (χ4v) is 4.22. The normalized spacial score (nSPS) is 12.6. The summed E-state index contributed by atoms with van der Waals surface area (Å²) in [5, 5.41) is 3.07. The summed E-state index contributed by atoms with van der Waals surface area (Å²) in [6, 6.07) is 8.40. The molecule has 2 aromatic carbocycles. The van der Waals surface area contributed by atoms with Crippen molar-refractivity contribution >= 4 is 17.3 Å². The maximum absolute atomic E-state index is 5.06. The van der Waals surface area contributed by atoms with Gasteiger partial charge < -0.3 is 0 Å². The molecule has 29 heavy (non-hydrogen) atoms. The number of hydrogen-bond donors (Lipinski definition) is 1. The van der Waals surface area contributed by atoms with Gasteiger partial charge in [-0.25, -0.2) is 0 Å². The van der Waals surface area contributed by atoms with Crippen LogP contribution in [0.2, 0.25) is 0 Å². The summed E-state index contributed by atoms with van der Waals surface area (Å²) in [5.41, 5.74) is 12.1. The van der Waals surface area contributed by atoms with Crippen LogP contribution < -0.4 is 5.32 Å². The zero-order valence-electron chi connectivity index (χ0n) is 17.2. The van der Waals surface area contributed by atoms with E-state index in [1.54, 1.807) is 0 Å². The molecule has 3 aromatic rings. The number of nitrogens with zero attached hydrogens (tertiary/aromatic N) is 4. The standard InChI is InChI=1S/C23H23N5.Rh/c1-12-7-6-8-18(24)19(12)22-17-9-13(2)14(3)15(4)20(17)21-16(10-26-22)11-27-23(25-5)28-21;/h6-9,11H,10H2,1-5H3,(H,25,27,28);. The van der Waals surface area contributed by atoms with E-state index < -0.39 is 0 Å². The number of aliphatic imine (C=N–C) groups is 1. The topological polar surface area (TPSA) is 62.5 Å². The number of fused-ring (bicyclic) bond motifs is 3. The molecule has 0 bridgehead atoms. The monoisotopic (exact) mass is 472 g/mol. The predicted molar refractivity (Wildman–Crippen MR) is 114 cm³/mol. The summed E-state index contributed by atoms with van der Waals surface area (Å²) in [7, 11) is 1.84. The van der Waals surface area contributed by atoms with Gasteiger partial charge in [0, 0.05) is 0 Å². The summed E-state index contributed by atoms with van der Waals surface area (Å²) in [6.45, 7) is 9.14. The van der Waals surface area contributed by atoms with Crippen LogP contribution in [0.15, 0.2) is 39.1 Å². The summed E-state index contributed by atoms with van der Waals surface area (Å²) < 4.78 is 4.42. The first-order valence-corrected chi connectivity index (χ1v) is 10.3. The van der Waals surface area contributed by atoms with Crippen LogP contribution in [0.4, 0.5) is 11.6 Å². The minimum atomic E-state index is 0.531. The number of aryl methyl sites for hydroxylation is 2. The Morgan fingerprint density at radius 2 is 1.83 bits per heavy atom. The van der Waals surface area contributed by atoms with E-state index in [0.29, 0.717) is 12.5 Å². The zero-order chi connectivity index (χ0) is 20.7. The van der Waals surface area contributed by atoms with Gasteiger partial charge in [-0.3, -0.25) is 0 Å². The van der Waals surface area contributed by atoms with Gasteiger partial charge in [0.25, 0.3) is 0 Å². The molecule has 4 rings (SSSR count). The molecule has 1 aliphatic rings. The number of nitrogens with one attached hydrogen (secondary N) is 1. The molecule has 0 atom stereocenters. The van der Waals surface area contributed by atoms with Crippen LogP contribution in [0.1, 0.15) is 38.9 Å². The molecule has 0 fully saturated rings. The summed E-state index contributed by atoms with van der Waals surface area (Å²) >= 11 is 2.69. The van der Waals surface area contributed by atoms with Crippen molar-refractivity contribution in [2.24, 2.45) is 8.68 Å². The van der Waals surface area contributed by atoms with E-state index in [1.807, 2.05) is 25.4 Å². The first kappa shape index (κ1) is 19.7. The van der Waals surface area contributed by atoms with Crippen molar-refractivity contribution in [2.75, 3.05) is 12.4 Å². The quantitative estimate of drug-likeness (QED) is 0.538. The maximum atomic E-state index is 5.06. The minimum absolute atomic E-state index is 0.531. The van der Waals surface area contributed by atoms with Gasteiger partial charge in [-0.1, -0.05) is 0 Å². The van der Waals surface area contributed by atoms with Crippen LogP contribution in [0.5, 0.6) is 0 Å². The molecule has 0 spiro atoms. The number of rotatable bonds is 3. The SMILES string of the molecule is CNc1ncc2c(n1)-c1c(cc(C)c(C)c1C)C(c1c(C)cccc1[N]=[Rh])=NC2. The molecule has 0 radical (unpaired) electrons. The molecule has 1 aliphatic heterocycles. The Bertz CT molecular complexity index is 1180. The third-order valence-electron chi connectivity index (χ3n) is 5.71. The van der Waals surface area contributed by atoms with E-state index in [0.717, 1.165) is 44.9 Å². The molecule has 1 N–H and O–H groups in total. The zero-order valence-corrected chi connectivity index (χ0v) is 18.9. The van der Waals surface area contributed by atoms with Gasteiger partial charge in [-0.05, 0) is 0 Å². The molecule has 2 heterocycles. The van der Waals surface area contributed by atoms with E-state index in [2.05, 4.69) is 71.9 Å². The molecule has 0 amide bonds. The van der Waals surface area contributed by atoms with Gasteiger partial charge in [-0.2, -0.15) is 0 Å². The molecule has 6 heteroatoms. The second kappa shape index (κ2) is 7.68. The fraction of sp³-hybridized carbons (Fsp3) is 0.261. The Kier molecular flexibility index (Phi) is 5.22. The molecule has 5 nitrogen and oxygen atoms in total. The molecule has 149 valence electrons. The Morgan fingerprint density at radius 3 is 2.55 bits per heavy atom. The number of benzene rings is 2. The molecule has 0 saturated heterocycles. The molecular weight excluding hydrogens is 449 g/mol. The Labute approximate surface area is 181 Å². The molecular formula is C23H23N5Rh. The first-order valence-electron chi connectivity index (χ1n) is 9.56. The predicted octanol–water partition coefficient (Wildman–Crippen LogP) is 5.13. The van der Waals surface area contributed by atoms with Crippen molar-refractivity contribution in [2.45, 2.75) is 34.2 Å². The Hall–Kier alpha value is -2.59. The van der Waals surface area contributed by atoms with Gasteiger partial charge in [0.15, 0.2) is 0 Å². The van der Waals surface area contributed by atoms with E-state index in [9.17, 15) is 0 Å². The van der Waals surface area contributed by atoms with Crippen molar-refractivity contribution in [1.29, 1.82) is 0 Å². The van der Waals surface area contributed by atoms with Gasteiger partial charge in [0.2, 0.25) is 0 Å². The molecule has 0 aliphatic carbocycles. The number of anilines is 1. The van der Waals surface area contributed by atoms with Gasteiger partial charge in [0.1, 0.15) is 0 Å². The summed E-state index contributed by atoms with van der Waals surface area (Å²) in [5.74, 6) is 0.617. The third-order valence-corrected chi connectivity index (χ3v) is 6.11.